The highest BCUT2D eigenvalue weighted by molar-refractivity contribution is 7.98. The summed E-state index contributed by atoms with van der Waals surface area (Å²) >= 11 is 1.75. The maximum absolute atomic E-state index is 13.7. The van der Waals surface area contributed by atoms with Gasteiger partial charge in [0.15, 0.2) is 5.78 Å². The molecule has 0 saturated heterocycles. The lowest BCUT2D eigenvalue weighted by Gasteiger charge is -2.26. The summed E-state index contributed by atoms with van der Waals surface area (Å²) in [7, 11) is 0. The Balaban J connectivity index is 1.27. The number of benzene rings is 2. The van der Waals surface area contributed by atoms with Gasteiger partial charge in [-0.3, -0.25) is 14.4 Å². The van der Waals surface area contributed by atoms with Crippen molar-refractivity contribution >= 4 is 35.0 Å². The molecular weight excluding hydrogens is 548 g/mol. The third-order valence-corrected chi connectivity index (χ3v) is 8.84. The van der Waals surface area contributed by atoms with Gasteiger partial charge in [0.05, 0.1) is 18.8 Å². The van der Waals surface area contributed by atoms with Crippen molar-refractivity contribution in [2.24, 2.45) is 23.7 Å². The molecular formula is C33H40N4O4S. The Morgan fingerprint density at radius 2 is 1.64 bits per heavy atom. The molecule has 2 aromatic carbocycles. The molecule has 1 atom stereocenters. The molecule has 42 heavy (non-hydrogen) atoms. The number of aryl methyl sites for hydroxylation is 1. The number of ether oxygens (including phenoxy) is 1. The van der Waals surface area contributed by atoms with Crippen LogP contribution in [-0.2, 0) is 21.1 Å². The smallest absolute Gasteiger partial charge is 0.237 e. The fraction of sp³-hybridized carbons (Fsp3) is 0.455. The first-order valence-electron chi connectivity index (χ1n) is 14.7. The maximum Gasteiger partial charge on any atom is 0.237 e. The standard InChI is InChI=1S/C33H40N4O4S/c1-21-29(22(2)37(36-21)20-41-17-18-42-3)24-13-15-27(16-14-24)35-33(40)31(30(25-9-10-25)26-11-12-26)32(39)34-19-28(38)23-7-5-4-6-8-23/h4-8,13-16,25-26,30-31H,9-12,17-20H2,1-3H3,(H,34,39)(H,35,40). The second-order valence-electron chi connectivity index (χ2n) is 11.4. The first-order chi connectivity index (χ1) is 20.4. The van der Waals surface area contributed by atoms with Gasteiger partial charge in [0.1, 0.15) is 12.6 Å². The predicted molar refractivity (Wildman–Crippen MR) is 166 cm³/mol. The molecule has 2 aliphatic rings. The summed E-state index contributed by atoms with van der Waals surface area (Å²) in [5, 5.41) is 10.5. The number of thioether (sulfide) groups is 1. The van der Waals surface area contributed by atoms with Crippen LogP contribution < -0.4 is 10.6 Å². The van der Waals surface area contributed by atoms with E-state index in [0.29, 0.717) is 36.4 Å². The number of ketones is 1. The monoisotopic (exact) mass is 588 g/mol. The molecule has 5 rings (SSSR count). The highest BCUT2D eigenvalue weighted by atomic mass is 32.2. The number of hydrogen-bond acceptors (Lipinski definition) is 6. The molecule has 1 unspecified atom stereocenters. The van der Waals surface area contributed by atoms with E-state index in [1.807, 2.05) is 48.9 Å². The van der Waals surface area contributed by atoms with Crippen LogP contribution in [0.15, 0.2) is 54.6 Å². The van der Waals surface area contributed by atoms with Gasteiger partial charge >= 0.3 is 0 Å². The quantitative estimate of drug-likeness (QED) is 0.138. The summed E-state index contributed by atoms with van der Waals surface area (Å²) in [5.41, 5.74) is 5.16. The van der Waals surface area contributed by atoms with Gasteiger partial charge in [0, 0.05) is 28.3 Å². The molecule has 0 bridgehead atoms. The number of Topliss-reactive ketones (excluding diaryl/α,β-unsaturated/α-hetero) is 1. The van der Waals surface area contributed by atoms with E-state index < -0.39 is 5.92 Å². The number of rotatable bonds is 15. The van der Waals surface area contributed by atoms with Gasteiger partial charge in [0.25, 0.3) is 0 Å². The molecule has 0 spiro atoms. The van der Waals surface area contributed by atoms with Crippen molar-refractivity contribution < 1.29 is 19.1 Å². The second kappa shape index (κ2) is 13.7. The van der Waals surface area contributed by atoms with Gasteiger partial charge in [-0.25, -0.2) is 4.68 Å². The minimum absolute atomic E-state index is 0.00498. The van der Waals surface area contributed by atoms with E-state index in [1.54, 1.807) is 36.0 Å². The van der Waals surface area contributed by atoms with Gasteiger partial charge in [-0.05, 0) is 81.2 Å². The van der Waals surface area contributed by atoms with E-state index in [2.05, 4.69) is 22.0 Å². The topological polar surface area (TPSA) is 102 Å². The first kappa shape index (κ1) is 30.0. The van der Waals surface area contributed by atoms with Crippen molar-refractivity contribution in [1.29, 1.82) is 0 Å². The van der Waals surface area contributed by atoms with Gasteiger partial charge < -0.3 is 15.4 Å². The molecule has 222 valence electrons. The number of amides is 2. The Morgan fingerprint density at radius 3 is 2.26 bits per heavy atom. The van der Waals surface area contributed by atoms with Crippen LogP contribution in [0.2, 0.25) is 0 Å². The molecule has 1 aromatic heterocycles. The lowest BCUT2D eigenvalue weighted by molar-refractivity contribution is -0.135. The number of carbonyl (C=O) groups excluding carboxylic acids is 3. The highest BCUT2D eigenvalue weighted by Gasteiger charge is 2.50. The Bertz CT molecular complexity index is 1390. The summed E-state index contributed by atoms with van der Waals surface area (Å²) in [4.78, 5) is 39.8. The molecule has 8 nitrogen and oxygen atoms in total. The van der Waals surface area contributed by atoms with Crippen LogP contribution in [0.4, 0.5) is 5.69 Å². The molecule has 1 heterocycles. The normalized spacial score (nSPS) is 15.4. The highest BCUT2D eigenvalue weighted by Crippen LogP contribution is 2.52. The molecule has 0 radical (unpaired) electrons. The van der Waals surface area contributed by atoms with Gasteiger partial charge in [0.2, 0.25) is 11.8 Å². The van der Waals surface area contributed by atoms with Gasteiger partial charge in [-0.1, -0.05) is 42.5 Å². The molecule has 2 aliphatic carbocycles. The maximum atomic E-state index is 13.7. The molecule has 0 aliphatic heterocycles. The van der Waals surface area contributed by atoms with E-state index in [-0.39, 0.29) is 30.1 Å². The number of anilines is 1. The summed E-state index contributed by atoms with van der Waals surface area (Å²) < 4.78 is 7.62. The van der Waals surface area contributed by atoms with Crippen molar-refractivity contribution in [3.8, 4) is 11.1 Å². The van der Waals surface area contributed by atoms with E-state index in [4.69, 9.17) is 4.74 Å². The van der Waals surface area contributed by atoms with Crippen LogP contribution in [0.25, 0.3) is 11.1 Å². The number of nitrogens with zero attached hydrogens (tertiary/aromatic N) is 2. The molecule has 2 fully saturated rings. The van der Waals surface area contributed by atoms with E-state index in [9.17, 15) is 14.4 Å². The lowest BCUT2D eigenvalue weighted by atomic mass is 9.82. The van der Waals surface area contributed by atoms with Crippen LogP contribution in [0.3, 0.4) is 0 Å². The van der Waals surface area contributed by atoms with Crippen LogP contribution in [0.5, 0.6) is 0 Å². The second-order valence-corrected chi connectivity index (χ2v) is 12.4. The third kappa shape index (κ3) is 7.31. The minimum Gasteiger partial charge on any atom is -0.358 e. The van der Waals surface area contributed by atoms with Crippen LogP contribution in [0, 0.1) is 37.5 Å². The largest absolute Gasteiger partial charge is 0.358 e. The number of nitrogens with one attached hydrogen (secondary N) is 2. The average molecular weight is 589 g/mol. The number of hydrogen-bond donors (Lipinski definition) is 2. The van der Waals surface area contributed by atoms with E-state index >= 15 is 0 Å². The van der Waals surface area contributed by atoms with Crippen molar-refractivity contribution in [3.63, 3.8) is 0 Å². The van der Waals surface area contributed by atoms with Crippen molar-refractivity contribution in [1.82, 2.24) is 15.1 Å². The Hall–Kier alpha value is -3.43. The van der Waals surface area contributed by atoms with Crippen molar-refractivity contribution in [2.45, 2.75) is 46.3 Å². The number of carbonyl (C=O) groups is 3. The molecule has 9 heteroatoms. The van der Waals surface area contributed by atoms with Gasteiger partial charge in [-0.15, -0.1) is 0 Å². The molecule has 3 aromatic rings. The fourth-order valence-corrected chi connectivity index (χ4v) is 6.12. The van der Waals surface area contributed by atoms with E-state index in [0.717, 1.165) is 54.0 Å². The van der Waals surface area contributed by atoms with Crippen molar-refractivity contribution in [3.05, 3.63) is 71.5 Å². The SMILES string of the molecule is CSCCOCn1nc(C)c(-c2ccc(NC(=O)C(C(=O)NCC(=O)c3ccccc3)C(C3CC3)C3CC3)cc2)c1C. The summed E-state index contributed by atoms with van der Waals surface area (Å²) in [6, 6.07) is 16.6. The summed E-state index contributed by atoms with van der Waals surface area (Å²) in [6.07, 6.45) is 6.24. The van der Waals surface area contributed by atoms with Crippen LogP contribution in [-0.4, -0.2) is 52.5 Å². The molecule has 2 amide bonds. The third-order valence-electron chi connectivity index (χ3n) is 8.27. The van der Waals surface area contributed by atoms with Crippen LogP contribution >= 0.6 is 11.8 Å². The molecule has 2 saturated carbocycles. The molecule has 2 N–H and O–H groups in total. The zero-order chi connectivity index (χ0) is 29.6. The minimum atomic E-state index is -0.831. The average Bonchev–Trinajstić information content (AvgIpc) is 3.93. The lowest BCUT2D eigenvalue weighted by Crippen LogP contribution is -2.45. The predicted octanol–water partition coefficient (Wildman–Crippen LogP) is 5.49. The Labute approximate surface area is 252 Å². The van der Waals surface area contributed by atoms with E-state index in [1.165, 1.54) is 0 Å². The zero-order valence-electron chi connectivity index (χ0n) is 24.6. The first-order valence-corrected chi connectivity index (χ1v) is 16.1. The van der Waals surface area contributed by atoms with Crippen LogP contribution in [0.1, 0.15) is 47.4 Å². The number of aromatic nitrogens is 2. The summed E-state index contributed by atoms with van der Waals surface area (Å²) in [5.74, 6) is 0.0441. The Morgan fingerprint density at radius 1 is 0.976 bits per heavy atom. The summed E-state index contributed by atoms with van der Waals surface area (Å²) in [6.45, 7) is 4.97. The zero-order valence-corrected chi connectivity index (χ0v) is 25.4. The van der Waals surface area contributed by atoms with Gasteiger partial charge in [-0.2, -0.15) is 16.9 Å². The fourth-order valence-electron chi connectivity index (χ4n) is 5.84. The Kier molecular flexibility index (Phi) is 9.80. The van der Waals surface area contributed by atoms with Crippen molar-refractivity contribution in [2.75, 3.05) is 30.5 Å².